The van der Waals surface area contributed by atoms with Crippen LogP contribution in [0.1, 0.15) is 29.6 Å². The summed E-state index contributed by atoms with van der Waals surface area (Å²) < 4.78 is 13.0. The number of hydrogen-bond donors (Lipinski definition) is 3. The lowest BCUT2D eigenvalue weighted by Crippen LogP contribution is -2.47. The number of hydrogen-bond acceptors (Lipinski definition) is 3. The third kappa shape index (κ3) is 2.52. The van der Waals surface area contributed by atoms with Gasteiger partial charge < -0.3 is 15.5 Å². The van der Waals surface area contributed by atoms with Gasteiger partial charge in [-0.3, -0.25) is 9.59 Å². The first-order valence-electron chi connectivity index (χ1n) is 5.95. The number of phenols is 1. The standard InChI is InChI=1S/C13H14FNO4/c14-8-2-3-10(16)9(6-8)11(17)15-7-13(12(18)19)4-1-5-13/h2-3,6,16H,1,4-5,7H2,(H,15,17)(H,18,19). The molecule has 1 amide bonds. The number of halogens is 1. The summed E-state index contributed by atoms with van der Waals surface area (Å²) in [6.45, 7) is -0.0167. The zero-order chi connectivity index (χ0) is 14.0. The molecule has 1 aromatic carbocycles. The van der Waals surface area contributed by atoms with Gasteiger partial charge in [0.25, 0.3) is 5.91 Å². The number of rotatable bonds is 4. The van der Waals surface area contributed by atoms with Crippen LogP contribution in [0.4, 0.5) is 4.39 Å². The molecule has 102 valence electrons. The van der Waals surface area contributed by atoms with E-state index >= 15 is 0 Å². The Bertz CT molecular complexity index is 525. The number of aromatic hydroxyl groups is 1. The minimum atomic E-state index is -0.942. The molecule has 0 unspecified atom stereocenters. The average molecular weight is 267 g/mol. The molecule has 0 saturated heterocycles. The summed E-state index contributed by atoms with van der Waals surface area (Å²) in [4.78, 5) is 22.9. The quantitative estimate of drug-likeness (QED) is 0.771. The van der Waals surface area contributed by atoms with Gasteiger partial charge in [-0.2, -0.15) is 0 Å². The van der Waals surface area contributed by atoms with E-state index in [9.17, 15) is 19.1 Å². The normalized spacial score (nSPS) is 16.5. The van der Waals surface area contributed by atoms with Crippen LogP contribution in [0.25, 0.3) is 0 Å². The Hall–Kier alpha value is -2.11. The van der Waals surface area contributed by atoms with Crippen molar-refractivity contribution in [2.75, 3.05) is 6.54 Å². The molecule has 19 heavy (non-hydrogen) atoms. The van der Waals surface area contributed by atoms with Gasteiger partial charge in [0.15, 0.2) is 0 Å². The summed E-state index contributed by atoms with van der Waals surface area (Å²) in [7, 11) is 0. The zero-order valence-corrected chi connectivity index (χ0v) is 10.1. The van der Waals surface area contributed by atoms with Gasteiger partial charge in [-0.05, 0) is 31.0 Å². The number of carbonyl (C=O) groups is 2. The second-order valence-electron chi connectivity index (χ2n) is 4.78. The molecule has 0 radical (unpaired) electrons. The van der Waals surface area contributed by atoms with E-state index in [2.05, 4.69) is 5.32 Å². The summed E-state index contributed by atoms with van der Waals surface area (Å²) in [5.41, 5.74) is -1.11. The lowest BCUT2D eigenvalue weighted by Gasteiger charge is -2.37. The van der Waals surface area contributed by atoms with Gasteiger partial charge in [-0.1, -0.05) is 6.42 Å². The summed E-state index contributed by atoms with van der Waals surface area (Å²) >= 11 is 0. The molecule has 0 heterocycles. The van der Waals surface area contributed by atoms with Crippen molar-refractivity contribution in [3.8, 4) is 5.75 Å². The van der Waals surface area contributed by atoms with Gasteiger partial charge in [0, 0.05) is 6.54 Å². The average Bonchev–Trinajstić information content (AvgIpc) is 2.30. The van der Waals surface area contributed by atoms with E-state index in [0.717, 1.165) is 24.6 Å². The van der Waals surface area contributed by atoms with Crippen LogP contribution in [0.15, 0.2) is 18.2 Å². The Balaban J connectivity index is 2.05. The van der Waals surface area contributed by atoms with Crippen molar-refractivity contribution in [1.29, 1.82) is 0 Å². The highest BCUT2D eigenvalue weighted by Crippen LogP contribution is 2.40. The molecular weight excluding hydrogens is 253 g/mol. The molecule has 0 aromatic heterocycles. The largest absolute Gasteiger partial charge is 0.507 e. The fraction of sp³-hybridized carbons (Fsp3) is 0.385. The minimum absolute atomic E-state index is 0.0167. The first-order valence-corrected chi connectivity index (χ1v) is 5.95. The molecule has 2 rings (SSSR count). The fourth-order valence-electron chi connectivity index (χ4n) is 2.10. The van der Waals surface area contributed by atoms with E-state index in [1.54, 1.807) is 0 Å². The van der Waals surface area contributed by atoms with E-state index in [1.807, 2.05) is 0 Å². The molecule has 5 nitrogen and oxygen atoms in total. The third-order valence-electron chi connectivity index (χ3n) is 3.55. The zero-order valence-electron chi connectivity index (χ0n) is 10.1. The van der Waals surface area contributed by atoms with Gasteiger partial charge in [-0.15, -0.1) is 0 Å². The maximum Gasteiger partial charge on any atom is 0.311 e. The van der Waals surface area contributed by atoms with Gasteiger partial charge in [-0.25, -0.2) is 4.39 Å². The molecule has 0 aliphatic heterocycles. The van der Waals surface area contributed by atoms with Gasteiger partial charge in [0.1, 0.15) is 11.6 Å². The second kappa shape index (κ2) is 4.87. The SMILES string of the molecule is O=C(NCC1(C(=O)O)CCC1)c1cc(F)ccc1O. The smallest absolute Gasteiger partial charge is 0.311 e. The topological polar surface area (TPSA) is 86.6 Å². The number of benzene rings is 1. The molecular formula is C13H14FNO4. The second-order valence-corrected chi connectivity index (χ2v) is 4.78. The molecule has 6 heteroatoms. The molecule has 1 fully saturated rings. The number of carboxylic acids is 1. The third-order valence-corrected chi connectivity index (χ3v) is 3.55. The van der Waals surface area contributed by atoms with Crippen LogP contribution < -0.4 is 5.32 Å². The lowest BCUT2D eigenvalue weighted by atomic mass is 9.69. The van der Waals surface area contributed by atoms with Crippen LogP contribution in [0.2, 0.25) is 0 Å². The number of phenolic OH excluding ortho intramolecular Hbond substituents is 1. The summed E-state index contributed by atoms with van der Waals surface area (Å²) in [6.07, 6.45) is 1.84. The van der Waals surface area contributed by atoms with Gasteiger partial charge in [0.05, 0.1) is 11.0 Å². The first kappa shape index (κ1) is 13.3. The number of amides is 1. The van der Waals surface area contributed by atoms with Crippen molar-refractivity contribution >= 4 is 11.9 Å². The predicted octanol–water partition coefficient (Wildman–Crippen LogP) is 1.52. The Morgan fingerprint density at radius 1 is 1.37 bits per heavy atom. The fourth-order valence-corrected chi connectivity index (χ4v) is 2.10. The molecule has 1 aliphatic carbocycles. The van der Waals surface area contributed by atoms with Crippen molar-refractivity contribution < 1.29 is 24.2 Å². The van der Waals surface area contributed by atoms with Crippen molar-refractivity contribution in [2.45, 2.75) is 19.3 Å². The van der Waals surface area contributed by atoms with Crippen molar-refractivity contribution in [2.24, 2.45) is 5.41 Å². The number of carbonyl (C=O) groups excluding carboxylic acids is 1. The highest BCUT2D eigenvalue weighted by Gasteiger charge is 2.44. The van der Waals surface area contributed by atoms with Crippen LogP contribution in [0, 0.1) is 11.2 Å². The summed E-state index contributed by atoms with van der Waals surface area (Å²) in [5.74, 6) is -2.59. The van der Waals surface area contributed by atoms with E-state index in [0.29, 0.717) is 12.8 Å². The highest BCUT2D eigenvalue weighted by atomic mass is 19.1. The van der Waals surface area contributed by atoms with Crippen LogP contribution in [-0.4, -0.2) is 28.6 Å². The van der Waals surface area contributed by atoms with Crippen LogP contribution >= 0.6 is 0 Å². The van der Waals surface area contributed by atoms with Crippen LogP contribution in [-0.2, 0) is 4.79 Å². The summed E-state index contributed by atoms with van der Waals surface area (Å²) in [5, 5.41) is 21.0. The van der Waals surface area contributed by atoms with E-state index in [-0.39, 0.29) is 17.9 Å². The Morgan fingerprint density at radius 2 is 2.05 bits per heavy atom. The molecule has 1 aromatic rings. The number of nitrogens with one attached hydrogen (secondary N) is 1. The summed E-state index contributed by atoms with van der Waals surface area (Å²) in [6, 6.07) is 3.04. The molecule has 3 N–H and O–H groups in total. The van der Waals surface area contributed by atoms with E-state index in [4.69, 9.17) is 5.11 Å². The number of carboxylic acid groups (broad SMARTS) is 1. The van der Waals surface area contributed by atoms with Gasteiger partial charge >= 0.3 is 5.97 Å². The minimum Gasteiger partial charge on any atom is -0.507 e. The molecule has 0 spiro atoms. The Morgan fingerprint density at radius 3 is 2.58 bits per heavy atom. The lowest BCUT2D eigenvalue weighted by molar-refractivity contribution is -0.153. The molecule has 1 saturated carbocycles. The molecule has 1 aliphatic rings. The maximum absolute atomic E-state index is 13.0. The highest BCUT2D eigenvalue weighted by molar-refractivity contribution is 5.97. The van der Waals surface area contributed by atoms with Gasteiger partial charge in [0.2, 0.25) is 0 Å². The Kier molecular flexibility index (Phi) is 3.42. The van der Waals surface area contributed by atoms with E-state index in [1.165, 1.54) is 0 Å². The van der Waals surface area contributed by atoms with Crippen molar-refractivity contribution in [3.05, 3.63) is 29.6 Å². The van der Waals surface area contributed by atoms with E-state index < -0.39 is 23.1 Å². The molecule has 0 bridgehead atoms. The number of aliphatic carboxylic acids is 1. The van der Waals surface area contributed by atoms with Crippen LogP contribution in [0.3, 0.4) is 0 Å². The monoisotopic (exact) mass is 267 g/mol. The van der Waals surface area contributed by atoms with Crippen LogP contribution in [0.5, 0.6) is 5.75 Å². The maximum atomic E-state index is 13.0. The first-order chi connectivity index (χ1) is 8.94. The predicted molar refractivity (Wildman–Crippen MR) is 64.3 cm³/mol. The molecule has 0 atom stereocenters. The van der Waals surface area contributed by atoms with Crippen molar-refractivity contribution in [1.82, 2.24) is 5.32 Å². The Labute approximate surface area is 109 Å². The van der Waals surface area contributed by atoms with Crippen molar-refractivity contribution in [3.63, 3.8) is 0 Å².